The van der Waals surface area contributed by atoms with E-state index in [2.05, 4.69) is 133 Å². The number of hydrogen-bond donors (Lipinski definition) is 0. The smallest absolute Gasteiger partial charge is 0.0610 e. The lowest BCUT2D eigenvalue weighted by molar-refractivity contribution is -0.119. The van der Waals surface area contributed by atoms with Gasteiger partial charge in [-0.2, -0.15) is 5.04 Å². The fourth-order valence-electron chi connectivity index (χ4n) is 8.25. The summed E-state index contributed by atoms with van der Waals surface area (Å²) >= 11 is 0. The zero-order valence-corrected chi connectivity index (χ0v) is 25.8. The van der Waals surface area contributed by atoms with Crippen LogP contribution in [0.2, 0.25) is 5.04 Å². The third kappa shape index (κ3) is 4.70. The SMILES string of the molecule is CC(C)(C)OC(C)(C)CC(C)(C)[Si-](C1C2=C(C=CCC2)c2ccccc21)C1c2ccccc2-c2ccccc21. The first-order valence-corrected chi connectivity index (χ1v) is 16.4. The van der Waals surface area contributed by atoms with E-state index >= 15 is 0 Å². The Morgan fingerprint density at radius 3 is 1.77 bits per heavy atom. The lowest BCUT2D eigenvalue weighted by Gasteiger charge is -2.58. The van der Waals surface area contributed by atoms with Gasteiger partial charge >= 0.3 is 0 Å². The Morgan fingerprint density at radius 2 is 1.21 bits per heavy atom. The highest BCUT2D eigenvalue weighted by Gasteiger charge is 2.42. The molecular weight excluding hydrogens is 488 g/mol. The zero-order chi connectivity index (χ0) is 27.6. The highest BCUT2D eigenvalue weighted by Crippen LogP contribution is 2.60. The van der Waals surface area contributed by atoms with E-state index in [1.165, 1.54) is 39.8 Å². The van der Waals surface area contributed by atoms with Crippen LogP contribution in [0.4, 0.5) is 0 Å². The van der Waals surface area contributed by atoms with Crippen LogP contribution >= 0.6 is 0 Å². The van der Waals surface area contributed by atoms with Crippen molar-refractivity contribution in [1.82, 2.24) is 0 Å². The standard InChI is InChI=1S/C37H43OSi/c1-35(2,3)38-36(4,5)24-37(6,7)39(33-29-20-12-8-16-25(29)26-17-9-13-21-30(26)33)34-31-22-14-10-18-27(31)28-19-11-15-23-32(28)34/h8-14,16-22,33-34H,15,23-24H2,1-7H3/q-1. The number of hydrogen-bond acceptors (Lipinski definition) is 1. The summed E-state index contributed by atoms with van der Waals surface area (Å²) in [5.74, 6) is 0. The van der Waals surface area contributed by atoms with Crippen LogP contribution in [-0.4, -0.2) is 20.0 Å². The number of benzene rings is 3. The van der Waals surface area contributed by atoms with Crippen LogP contribution in [0, 0.1) is 0 Å². The van der Waals surface area contributed by atoms with Crippen LogP contribution in [-0.2, 0) is 4.74 Å². The summed E-state index contributed by atoms with van der Waals surface area (Å²) in [6.45, 7) is 16.3. The Balaban J connectivity index is 1.57. The molecule has 0 saturated carbocycles. The maximum absolute atomic E-state index is 6.74. The molecule has 0 aliphatic heterocycles. The monoisotopic (exact) mass is 531 g/mol. The number of ether oxygens (including phenoxy) is 1. The van der Waals surface area contributed by atoms with Crippen molar-refractivity contribution in [3.05, 3.63) is 113 Å². The van der Waals surface area contributed by atoms with E-state index in [0.717, 1.165) is 12.8 Å². The average molecular weight is 532 g/mol. The normalized spacial score (nSPS) is 18.8. The van der Waals surface area contributed by atoms with Crippen LogP contribution in [0.5, 0.6) is 0 Å². The van der Waals surface area contributed by atoms with E-state index in [4.69, 9.17) is 4.74 Å². The number of fused-ring (bicyclic) bond motifs is 5. The molecule has 0 aromatic heterocycles. The Bertz CT molecular complexity index is 1420. The molecule has 3 aromatic rings. The molecular formula is C37H43OSi-. The van der Waals surface area contributed by atoms with Gasteiger partial charge in [0.2, 0.25) is 0 Å². The van der Waals surface area contributed by atoms with Crippen molar-refractivity contribution in [2.45, 2.75) is 95.1 Å². The van der Waals surface area contributed by atoms with Crippen molar-refractivity contribution >= 4 is 14.4 Å². The quantitative estimate of drug-likeness (QED) is 0.288. The maximum atomic E-state index is 6.74. The molecule has 3 aliphatic carbocycles. The molecule has 0 amide bonds. The maximum Gasteiger partial charge on any atom is 0.0610 e. The van der Waals surface area contributed by atoms with Gasteiger partial charge in [-0.3, -0.25) is 0 Å². The minimum Gasteiger partial charge on any atom is -0.370 e. The van der Waals surface area contributed by atoms with Crippen molar-refractivity contribution in [2.75, 3.05) is 0 Å². The van der Waals surface area contributed by atoms with Crippen LogP contribution in [0.25, 0.3) is 16.7 Å². The summed E-state index contributed by atoms with van der Waals surface area (Å²) in [5, 5.41) is 0.0933. The molecule has 1 nitrogen and oxygen atoms in total. The molecule has 3 aromatic carbocycles. The highest BCUT2D eigenvalue weighted by atomic mass is 28.3. The molecule has 3 aliphatic rings. The van der Waals surface area contributed by atoms with Crippen molar-refractivity contribution in [3.63, 3.8) is 0 Å². The Labute approximate surface area is 237 Å². The number of allylic oxidation sites excluding steroid dienone is 4. The molecule has 0 bridgehead atoms. The Hall–Kier alpha value is -2.68. The molecule has 1 unspecified atom stereocenters. The van der Waals surface area contributed by atoms with E-state index in [0.29, 0.717) is 11.1 Å². The van der Waals surface area contributed by atoms with E-state index in [-0.39, 0.29) is 16.2 Å². The van der Waals surface area contributed by atoms with Gasteiger partial charge in [0, 0.05) is 0 Å². The minimum atomic E-state index is -1.14. The van der Waals surface area contributed by atoms with Crippen molar-refractivity contribution in [3.8, 4) is 11.1 Å². The van der Waals surface area contributed by atoms with Gasteiger partial charge in [0.25, 0.3) is 0 Å². The highest BCUT2D eigenvalue weighted by molar-refractivity contribution is 6.67. The van der Waals surface area contributed by atoms with Gasteiger partial charge in [-0.1, -0.05) is 121 Å². The van der Waals surface area contributed by atoms with E-state index in [1.807, 2.05) is 0 Å². The third-order valence-electron chi connectivity index (χ3n) is 8.81. The largest absolute Gasteiger partial charge is 0.370 e. The second-order valence-corrected chi connectivity index (χ2v) is 17.4. The molecule has 0 radical (unpaired) electrons. The van der Waals surface area contributed by atoms with E-state index < -0.39 is 8.80 Å². The molecule has 1 atom stereocenters. The van der Waals surface area contributed by atoms with E-state index in [9.17, 15) is 0 Å². The summed E-state index contributed by atoms with van der Waals surface area (Å²) in [4.78, 5) is 0. The van der Waals surface area contributed by atoms with Gasteiger partial charge in [0.1, 0.15) is 0 Å². The first-order valence-electron chi connectivity index (χ1n) is 14.7. The summed E-state index contributed by atoms with van der Waals surface area (Å²) in [6.07, 6.45) is 8.16. The average Bonchev–Trinajstić information content (AvgIpc) is 3.36. The van der Waals surface area contributed by atoms with Gasteiger partial charge in [-0.05, 0) is 76.1 Å². The van der Waals surface area contributed by atoms with Crippen LogP contribution in [0.1, 0.15) is 101 Å². The van der Waals surface area contributed by atoms with Gasteiger partial charge < -0.3 is 4.74 Å². The molecule has 0 spiro atoms. The van der Waals surface area contributed by atoms with Crippen LogP contribution in [0.3, 0.4) is 0 Å². The van der Waals surface area contributed by atoms with Crippen LogP contribution < -0.4 is 0 Å². The van der Waals surface area contributed by atoms with Gasteiger partial charge in [0.15, 0.2) is 0 Å². The van der Waals surface area contributed by atoms with Crippen molar-refractivity contribution in [1.29, 1.82) is 0 Å². The van der Waals surface area contributed by atoms with Crippen molar-refractivity contribution < 1.29 is 4.74 Å². The summed E-state index contributed by atoms with van der Waals surface area (Å²) in [6, 6.07) is 27.8. The fourth-order valence-corrected chi connectivity index (χ4v) is 13.2. The van der Waals surface area contributed by atoms with Crippen molar-refractivity contribution in [2.24, 2.45) is 0 Å². The Morgan fingerprint density at radius 1 is 0.692 bits per heavy atom. The van der Waals surface area contributed by atoms with E-state index in [1.54, 1.807) is 11.1 Å². The molecule has 202 valence electrons. The first kappa shape index (κ1) is 26.5. The summed E-state index contributed by atoms with van der Waals surface area (Å²) < 4.78 is 6.74. The lowest BCUT2D eigenvalue weighted by Crippen LogP contribution is -2.46. The molecule has 0 saturated heterocycles. The molecule has 0 heterocycles. The van der Waals surface area contributed by atoms with Gasteiger partial charge in [0.05, 0.1) is 11.2 Å². The Kier molecular flexibility index (Phi) is 6.43. The van der Waals surface area contributed by atoms with Crippen LogP contribution in [0.15, 0.2) is 90.5 Å². The second kappa shape index (κ2) is 9.46. The molecule has 0 N–H and O–H groups in total. The first-order chi connectivity index (χ1) is 18.5. The molecule has 0 fully saturated rings. The summed E-state index contributed by atoms with van der Waals surface area (Å²) in [7, 11) is -1.14. The predicted octanol–water partition coefficient (Wildman–Crippen LogP) is 10.0. The molecule has 2 heteroatoms. The molecule has 6 rings (SSSR count). The zero-order valence-electron chi connectivity index (χ0n) is 24.8. The topological polar surface area (TPSA) is 9.23 Å². The predicted molar refractivity (Wildman–Crippen MR) is 168 cm³/mol. The van der Waals surface area contributed by atoms with Gasteiger partial charge in [-0.15, -0.1) is 11.1 Å². The lowest BCUT2D eigenvalue weighted by atomic mass is 9.93. The fraction of sp³-hybridized carbons (Fsp3) is 0.405. The third-order valence-corrected chi connectivity index (χ3v) is 13.1. The number of rotatable bonds is 6. The summed E-state index contributed by atoms with van der Waals surface area (Å²) in [5.41, 5.74) is 12.7. The van der Waals surface area contributed by atoms with Gasteiger partial charge in [-0.25, -0.2) is 8.80 Å². The second-order valence-electron chi connectivity index (χ2n) is 14.0. The molecule has 39 heavy (non-hydrogen) atoms. The minimum absolute atomic E-state index is 0.0933.